The van der Waals surface area contributed by atoms with Crippen LogP contribution in [0.2, 0.25) is 0 Å². The number of rotatable bonds is 8. The van der Waals surface area contributed by atoms with Gasteiger partial charge in [-0.15, -0.1) is 11.8 Å². The predicted molar refractivity (Wildman–Crippen MR) is 150 cm³/mol. The quantitative estimate of drug-likeness (QED) is 0.229. The molecule has 2 unspecified atom stereocenters. The average Bonchev–Trinajstić information content (AvgIpc) is 3.55. The summed E-state index contributed by atoms with van der Waals surface area (Å²) >= 11 is 1.28. The van der Waals surface area contributed by atoms with Crippen LogP contribution in [0.3, 0.4) is 0 Å². The molecule has 224 valence electrons. The van der Waals surface area contributed by atoms with Crippen molar-refractivity contribution < 1.29 is 90.7 Å². The van der Waals surface area contributed by atoms with Gasteiger partial charge in [-0.2, -0.15) is 0 Å². The summed E-state index contributed by atoms with van der Waals surface area (Å²) in [6.07, 6.45) is 0.390. The van der Waals surface area contributed by atoms with E-state index in [0.29, 0.717) is 24.9 Å². The number of likely N-dealkylation sites (tertiary alicyclic amines) is 1. The number of thioether (sulfide) groups is 1. The van der Waals surface area contributed by atoms with Gasteiger partial charge in [0.1, 0.15) is 30.1 Å². The van der Waals surface area contributed by atoms with E-state index < -0.39 is 64.1 Å². The van der Waals surface area contributed by atoms with Crippen molar-refractivity contribution in [2.45, 2.75) is 67.6 Å². The van der Waals surface area contributed by atoms with E-state index in [0.717, 1.165) is 5.56 Å². The van der Waals surface area contributed by atoms with Gasteiger partial charge in [-0.3, -0.25) is 19.3 Å². The molecule has 2 aromatic carbocycles. The number of carboxylic acids is 1. The Morgan fingerprint density at radius 1 is 1.07 bits per heavy atom. The predicted octanol–water partition coefficient (Wildman–Crippen LogP) is -2.88. The molecule has 0 radical (unpaired) electrons. The molecule has 12 nitrogen and oxygen atoms in total. The number of aliphatic carboxylic acids is 1. The Bertz CT molecular complexity index is 1350. The van der Waals surface area contributed by atoms with Gasteiger partial charge in [-0.1, -0.05) is 60.7 Å². The molecule has 3 saturated heterocycles. The summed E-state index contributed by atoms with van der Waals surface area (Å²) in [5, 5.41) is 16.6. The summed E-state index contributed by atoms with van der Waals surface area (Å²) in [7, 11) is 0. The van der Waals surface area contributed by atoms with Gasteiger partial charge in [-0.05, 0) is 37.8 Å². The van der Waals surface area contributed by atoms with Gasteiger partial charge in [0.05, 0.1) is 12.0 Å². The summed E-state index contributed by atoms with van der Waals surface area (Å²) in [6, 6.07) is 13.7. The van der Waals surface area contributed by atoms with Crippen molar-refractivity contribution >= 4 is 41.5 Å². The Balaban J connectivity index is 0.00000253. The summed E-state index contributed by atoms with van der Waals surface area (Å²) in [5.41, 5.74) is 1.31. The zero-order valence-electron chi connectivity index (χ0n) is 24.1. The summed E-state index contributed by atoms with van der Waals surface area (Å²) < 4.78 is 4.64. The second-order valence-corrected chi connectivity index (χ2v) is 12.6. The Morgan fingerprint density at radius 3 is 2.33 bits per heavy atom. The molecule has 14 heteroatoms. The van der Waals surface area contributed by atoms with Gasteiger partial charge >= 0.3 is 57.5 Å². The number of carboxylic acid groups (broad SMARTS) is 1. The second kappa shape index (κ2) is 14.5. The van der Waals surface area contributed by atoms with E-state index in [1.807, 2.05) is 30.3 Å². The minimum Gasteiger partial charge on any atom is -0.548 e. The van der Waals surface area contributed by atoms with Crippen LogP contribution in [-0.2, 0) is 30.5 Å². The number of hydrogen-bond donors (Lipinski definition) is 2. The van der Waals surface area contributed by atoms with E-state index in [1.165, 1.54) is 21.6 Å². The van der Waals surface area contributed by atoms with Crippen LogP contribution in [-0.4, -0.2) is 79.9 Å². The van der Waals surface area contributed by atoms with Crippen molar-refractivity contribution in [2.24, 2.45) is 0 Å². The van der Waals surface area contributed by atoms with Gasteiger partial charge in [-0.25, -0.2) is 4.79 Å². The number of ether oxygens (including phenoxy) is 1. The molecule has 3 aliphatic rings. The van der Waals surface area contributed by atoms with Crippen LogP contribution in [0.5, 0.6) is 0 Å². The largest absolute Gasteiger partial charge is 1.00 e. The molecule has 0 aliphatic carbocycles. The fourth-order valence-corrected chi connectivity index (χ4v) is 7.23. The Morgan fingerprint density at radius 2 is 1.70 bits per heavy atom. The van der Waals surface area contributed by atoms with Crippen molar-refractivity contribution in [1.82, 2.24) is 20.4 Å². The van der Waals surface area contributed by atoms with Crippen molar-refractivity contribution in [3.8, 4) is 0 Å². The minimum atomic E-state index is -1.35. The number of benzene rings is 2. The van der Waals surface area contributed by atoms with Crippen LogP contribution in [0.25, 0.3) is 0 Å². The average molecular weight is 637 g/mol. The molecule has 5 rings (SSSR count). The molecule has 0 saturated carbocycles. The third-order valence-electron chi connectivity index (χ3n) is 7.64. The first-order valence-corrected chi connectivity index (χ1v) is 14.3. The van der Waals surface area contributed by atoms with Gasteiger partial charge < -0.3 is 35.6 Å². The molecule has 4 N–H and O–H groups in total. The maximum absolute atomic E-state index is 13.5. The number of carbonyl (C=O) groups is 5. The fourth-order valence-electron chi connectivity index (χ4n) is 5.61. The third kappa shape index (κ3) is 7.27. The van der Waals surface area contributed by atoms with E-state index in [1.54, 1.807) is 44.2 Å². The van der Waals surface area contributed by atoms with E-state index in [2.05, 4.69) is 10.6 Å². The second-order valence-electron chi connectivity index (χ2n) is 10.8. The maximum Gasteiger partial charge on any atom is 1.00 e. The normalized spacial score (nSPS) is 23.9. The first-order chi connectivity index (χ1) is 19.6. The van der Waals surface area contributed by atoms with Crippen LogP contribution in [0.4, 0.5) is 4.79 Å². The zero-order chi connectivity index (χ0) is 29.3. The molecule has 2 aromatic rings. The first-order valence-electron chi connectivity index (χ1n) is 13.4. The first kappa shape index (κ1) is 35.0. The minimum absolute atomic E-state index is 0. The number of amides is 4. The Labute approximate surface area is 296 Å². The van der Waals surface area contributed by atoms with Crippen LogP contribution >= 0.6 is 11.8 Å². The molecule has 4 amide bonds. The smallest absolute Gasteiger partial charge is 0.548 e. The number of nitrogens with one attached hydrogen (secondary N) is 2. The van der Waals surface area contributed by atoms with Crippen LogP contribution in [0, 0.1) is 0 Å². The van der Waals surface area contributed by atoms with Crippen LogP contribution in [0.1, 0.15) is 43.9 Å². The van der Waals surface area contributed by atoms with E-state index in [9.17, 15) is 29.1 Å². The topological polar surface area (TPSA) is 180 Å². The number of β-lactam (4-membered cyclic amide) rings is 1. The number of carbonyl (C=O) groups excluding carboxylic acids is 5. The third-order valence-corrected chi connectivity index (χ3v) is 9.21. The van der Waals surface area contributed by atoms with Crippen molar-refractivity contribution in [1.29, 1.82) is 0 Å². The fraction of sp³-hybridized carbons (Fsp3) is 0.414. The maximum atomic E-state index is 13.5. The van der Waals surface area contributed by atoms with Crippen molar-refractivity contribution in [3.63, 3.8) is 0 Å². The Kier molecular flexibility index (Phi) is 11.8. The summed E-state index contributed by atoms with van der Waals surface area (Å²) in [5.74, 6) is -3.00. The monoisotopic (exact) mass is 636 g/mol. The molecular weight excluding hydrogens is 604 g/mol. The SMILES string of the molecule is CC1(C)S[C@@H]2C(NC(=O)C(NC(=O)[C@H]3CCCN3C(=O)OCc3ccccc3)c3ccccc3)C(=O)N2[C@H]1C(=O)[O-].O.[K+]. The zero-order valence-corrected chi connectivity index (χ0v) is 28.1. The van der Waals surface area contributed by atoms with E-state index in [4.69, 9.17) is 4.74 Å². The number of fused-ring (bicyclic) bond motifs is 1. The summed E-state index contributed by atoms with van der Waals surface area (Å²) in [6.45, 7) is 3.84. The van der Waals surface area contributed by atoms with Gasteiger partial charge in [0.15, 0.2) is 0 Å². The van der Waals surface area contributed by atoms with Gasteiger partial charge in [0.2, 0.25) is 17.7 Å². The standard InChI is InChI=1S/C29H32N4O7S.K.H2O/c1-29(2)22(27(37)38)33-25(36)21(26(33)41-29)31-24(35)20(18-12-7-4-8-13-18)30-23(34)19-14-9-15-32(19)28(39)40-16-17-10-5-3-6-11-17;;/h3-8,10-13,19-22,26H,9,14-16H2,1-2H3,(H,30,34)(H,31,35)(H,37,38);;1H2/q;+1;/p-1/t19-,20?,21?,22+,26-;;/m1../s1. The molecule has 3 fully saturated rings. The molecule has 3 heterocycles. The molecule has 43 heavy (non-hydrogen) atoms. The van der Waals surface area contributed by atoms with E-state index >= 15 is 0 Å². The molecule has 3 aliphatic heterocycles. The summed E-state index contributed by atoms with van der Waals surface area (Å²) in [4.78, 5) is 67.1. The van der Waals surface area contributed by atoms with Gasteiger partial charge in [0.25, 0.3) is 0 Å². The molecule has 0 aromatic heterocycles. The number of nitrogens with zero attached hydrogens (tertiary/aromatic N) is 2. The van der Waals surface area contributed by atoms with Crippen molar-refractivity contribution in [2.75, 3.05) is 6.54 Å². The van der Waals surface area contributed by atoms with E-state index in [-0.39, 0.29) is 63.5 Å². The molecule has 0 bridgehead atoms. The van der Waals surface area contributed by atoms with Crippen LogP contribution < -0.4 is 67.1 Å². The van der Waals surface area contributed by atoms with Crippen LogP contribution in [0.15, 0.2) is 60.7 Å². The molecular formula is C29H33KN4O8S. The Hall–Kier alpha value is -2.46. The molecule has 0 spiro atoms. The number of hydrogen-bond acceptors (Lipinski definition) is 8. The van der Waals surface area contributed by atoms with Gasteiger partial charge in [0, 0.05) is 11.3 Å². The molecule has 5 atom stereocenters. The van der Waals surface area contributed by atoms with Crippen molar-refractivity contribution in [3.05, 3.63) is 71.8 Å².